The van der Waals surface area contributed by atoms with Crippen LogP contribution in [0.15, 0.2) is 72.2 Å². The van der Waals surface area contributed by atoms with Crippen LogP contribution in [0.2, 0.25) is 0 Å². The minimum absolute atomic E-state index is 0.230. The molecule has 2 aliphatic heterocycles. The zero-order valence-electron chi connectivity index (χ0n) is 17.3. The van der Waals surface area contributed by atoms with E-state index in [0.717, 1.165) is 43.5 Å². The van der Waals surface area contributed by atoms with Crippen molar-refractivity contribution >= 4 is 34.7 Å². The summed E-state index contributed by atoms with van der Waals surface area (Å²) in [6.07, 6.45) is 3.40. The van der Waals surface area contributed by atoms with Gasteiger partial charge < -0.3 is 9.64 Å². The molecule has 4 rings (SSSR count). The Labute approximate surface area is 186 Å². The number of carbonyl (C=O) groups excluding carboxylic acids is 2. The highest BCUT2D eigenvalue weighted by Gasteiger charge is 2.36. The molecular weight excluding hydrogens is 410 g/mol. The number of anilines is 1. The molecule has 0 aromatic heterocycles. The second-order valence-electron chi connectivity index (χ2n) is 7.33. The third-order valence-corrected chi connectivity index (χ3v) is 6.18. The fourth-order valence-electron chi connectivity index (χ4n) is 3.63. The van der Waals surface area contributed by atoms with E-state index in [2.05, 4.69) is 28.5 Å². The normalized spacial score (nSPS) is 18.6. The number of thioether (sulfide) groups is 1. The minimum Gasteiger partial charge on any atom is -0.489 e. The van der Waals surface area contributed by atoms with Crippen LogP contribution in [0.3, 0.4) is 0 Å². The van der Waals surface area contributed by atoms with E-state index in [4.69, 9.17) is 4.74 Å². The second-order valence-corrected chi connectivity index (χ2v) is 8.32. The molecule has 2 heterocycles. The van der Waals surface area contributed by atoms with Crippen molar-refractivity contribution < 1.29 is 14.3 Å². The number of amides is 2. The molecule has 2 aliphatic rings. The number of imide groups is 1. The lowest BCUT2D eigenvalue weighted by Gasteiger charge is -2.37. The standard InChI is InChI=1S/C24H25N3O3S/c1-2-16-30-21-11-7-6-8-19(21)17-22-23(28)27(24(29)31-22)18-25-12-14-26(15-13-25)20-9-4-3-5-10-20/h2-11,17H,1,12-16,18H2. The highest BCUT2D eigenvalue weighted by atomic mass is 32.2. The summed E-state index contributed by atoms with van der Waals surface area (Å²) < 4.78 is 5.66. The average Bonchev–Trinajstić information content (AvgIpc) is 3.07. The van der Waals surface area contributed by atoms with Crippen LogP contribution in [-0.4, -0.2) is 60.4 Å². The fourth-order valence-corrected chi connectivity index (χ4v) is 4.45. The summed E-state index contributed by atoms with van der Waals surface area (Å²) >= 11 is 0.981. The largest absolute Gasteiger partial charge is 0.489 e. The molecule has 2 fully saturated rings. The van der Waals surface area contributed by atoms with Crippen molar-refractivity contribution in [3.05, 3.63) is 77.7 Å². The molecule has 0 saturated carbocycles. The van der Waals surface area contributed by atoms with Crippen molar-refractivity contribution in [2.45, 2.75) is 0 Å². The van der Waals surface area contributed by atoms with E-state index in [1.54, 1.807) is 12.2 Å². The molecule has 6 nitrogen and oxygen atoms in total. The number of nitrogens with zero attached hydrogens (tertiary/aromatic N) is 3. The van der Waals surface area contributed by atoms with E-state index in [1.807, 2.05) is 42.5 Å². The van der Waals surface area contributed by atoms with Gasteiger partial charge in [0.15, 0.2) is 0 Å². The van der Waals surface area contributed by atoms with Gasteiger partial charge in [0.1, 0.15) is 12.4 Å². The molecule has 0 aliphatic carbocycles. The van der Waals surface area contributed by atoms with E-state index >= 15 is 0 Å². The highest BCUT2D eigenvalue weighted by Crippen LogP contribution is 2.34. The smallest absolute Gasteiger partial charge is 0.294 e. The molecule has 2 aromatic carbocycles. The van der Waals surface area contributed by atoms with Crippen LogP contribution in [0.1, 0.15) is 5.56 Å². The quantitative estimate of drug-likeness (QED) is 0.483. The van der Waals surface area contributed by atoms with Gasteiger partial charge in [0, 0.05) is 37.4 Å². The van der Waals surface area contributed by atoms with Crippen LogP contribution in [0.4, 0.5) is 10.5 Å². The third kappa shape index (κ3) is 5.00. The van der Waals surface area contributed by atoms with Gasteiger partial charge in [-0.2, -0.15) is 0 Å². The first kappa shape index (κ1) is 21.2. The molecule has 0 spiro atoms. The Bertz CT molecular complexity index is 985. The maximum absolute atomic E-state index is 12.9. The van der Waals surface area contributed by atoms with Crippen molar-refractivity contribution in [3.63, 3.8) is 0 Å². The highest BCUT2D eigenvalue weighted by molar-refractivity contribution is 8.18. The molecule has 2 aromatic rings. The average molecular weight is 436 g/mol. The summed E-state index contributed by atoms with van der Waals surface area (Å²) in [4.78, 5) is 31.7. The van der Waals surface area contributed by atoms with Crippen molar-refractivity contribution in [3.8, 4) is 5.75 Å². The molecule has 2 saturated heterocycles. The SMILES string of the molecule is C=CCOc1ccccc1C=C1SC(=O)N(CN2CCN(c3ccccc3)CC2)C1=O. The summed E-state index contributed by atoms with van der Waals surface area (Å²) in [6, 6.07) is 17.8. The second kappa shape index (κ2) is 9.85. The van der Waals surface area contributed by atoms with Crippen LogP contribution in [-0.2, 0) is 4.79 Å². The number of rotatable bonds is 7. The Morgan fingerprint density at radius 3 is 2.42 bits per heavy atom. The minimum atomic E-state index is -0.251. The predicted molar refractivity (Wildman–Crippen MR) is 125 cm³/mol. The number of piperazine rings is 1. The zero-order chi connectivity index (χ0) is 21.6. The number of carbonyl (C=O) groups is 2. The third-order valence-electron chi connectivity index (χ3n) is 5.27. The van der Waals surface area contributed by atoms with Gasteiger partial charge in [0.05, 0.1) is 11.6 Å². The van der Waals surface area contributed by atoms with E-state index in [9.17, 15) is 9.59 Å². The molecule has 160 valence electrons. The van der Waals surface area contributed by atoms with Gasteiger partial charge in [-0.3, -0.25) is 19.4 Å². The molecule has 0 unspecified atom stereocenters. The van der Waals surface area contributed by atoms with Crippen molar-refractivity contribution in [1.29, 1.82) is 0 Å². The first-order valence-corrected chi connectivity index (χ1v) is 11.1. The summed E-state index contributed by atoms with van der Waals surface area (Å²) in [6.45, 7) is 7.68. The van der Waals surface area contributed by atoms with Gasteiger partial charge in [0.25, 0.3) is 11.1 Å². The molecule has 0 radical (unpaired) electrons. The van der Waals surface area contributed by atoms with E-state index in [1.165, 1.54) is 10.6 Å². The first-order valence-electron chi connectivity index (χ1n) is 10.3. The molecule has 31 heavy (non-hydrogen) atoms. The van der Waals surface area contributed by atoms with Crippen molar-refractivity contribution in [2.75, 3.05) is 44.4 Å². The summed E-state index contributed by atoms with van der Waals surface area (Å²) in [5.74, 6) is 0.408. The molecule has 2 amide bonds. The molecule has 0 bridgehead atoms. The molecule has 7 heteroatoms. The van der Waals surface area contributed by atoms with E-state index < -0.39 is 0 Å². The van der Waals surface area contributed by atoms with Gasteiger partial charge in [-0.15, -0.1) is 0 Å². The number of benzene rings is 2. The lowest BCUT2D eigenvalue weighted by atomic mass is 10.2. The maximum atomic E-state index is 12.9. The van der Waals surface area contributed by atoms with Crippen molar-refractivity contribution in [1.82, 2.24) is 9.80 Å². The number of para-hydroxylation sites is 2. The monoisotopic (exact) mass is 435 g/mol. The summed E-state index contributed by atoms with van der Waals surface area (Å²) in [5, 5.41) is -0.230. The first-order chi connectivity index (χ1) is 15.2. The Morgan fingerprint density at radius 2 is 1.68 bits per heavy atom. The Hall–Kier alpha value is -3.03. The van der Waals surface area contributed by atoms with Gasteiger partial charge >= 0.3 is 0 Å². The fraction of sp³-hybridized carbons (Fsp3) is 0.250. The van der Waals surface area contributed by atoms with E-state index in [0.29, 0.717) is 23.9 Å². The van der Waals surface area contributed by atoms with Crippen molar-refractivity contribution in [2.24, 2.45) is 0 Å². The van der Waals surface area contributed by atoms with Crippen LogP contribution in [0.5, 0.6) is 5.75 Å². The summed E-state index contributed by atoms with van der Waals surface area (Å²) in [5.41, 5.74) is 1.97. The van der Waals surface area contributed by atoms with E-state index in [-0.39, 0.29) is 11.1 Å². The van der Waals surface area contributed by atoms with Gasteiger partial charge in [-0.1, -0.05) is 49.1 Å². The molecular formula is C24H25N3O3S. The zero-order valence-corrected chi connectivity index (χ0v) is 18.1. The van der Waals surface area contributed by atoms with Crippen LogP contribution in [0, 0.1) is 0 Å². The number of hydrogen-bond acceptors (Lipinski definition) is 6. The Morgan fingerprint density at radius 1 is 0.968 bits per heavy atom. The Balaban J connectivity index is 1.39. The lowest BCUT2D eigenvalue weighted by molar-refractivity contribution is -0.124. The maximum Gasteiger partial charge on any atom is 0.294 e. The van der Waals surface area contributed by atoms with Crippen LogP contribution < -0.4 is 9.64 Å². The topological polar surface area (TPSA) is 53.1 Å². The van der Waals surface area contributed by atoms with Crippen LogP contribution in [0.25, 0.3) is 6.08 Å². The van der Waals surface area contributed by atoms with Gasteiger partial charge in [0.2, 0.25) is 0 Å². The molecule has 0 atom stereocenters. The van der Waals surface area contributed by atoms with Gasteiger partial charge in [-0.25, -0.2) is 0 Å². The van der Waals surface area contributed by atoms with Gasteiger partial charge in [-0.05, 0) is 36.0 Å². The van der Waals surface area contributed by atoms with Crippen LogP contribution >= 0.6 is 11.8 Å². The summed E-state index contributed by atoms with van der Waals surface area (Å²) in [7, 11) is 0. The molecule has 0 N–H and O–H groups in total. The lowest BCUT2D eigenvalue weighted by Crippen LogP contribution is -2.50. The number of ether oxygens (including phenoxy) is 1. The predicted octanol–water partition coefficient (Wildman–Crippen LogP) is 4.07. The Kier molecular flexibility index (Phi) is 6.74. The number of hydrogen-bond donors (Lipinski definition) is 0.